The molecule has 30 heavy (non-hydrogen) atoms. The highest BCUT2D eigenvalue weighted by atomic mass is 16.5. The maximum absolute atomic E-state index is 10.9. The molecule has 0 saturated heterocycles. The number of para-hydroxylation sites is 1. The minimum absolute atomic E-state index is 0.157. The van der Waals surface area contributed by atoms with Crippen LogP contribution >= 0.6 is 0 Å². The second kappa shape index (κ2) is 13.0. The van der Waals surface area contributed by atoms with Crippen molar-refractivity contribution in [3.8, 4) is 5.75 Å². The summed E-state index contributed by atoms with van der Waals surface area (Å²) >= 11 is 0. The van der Waals surface area contributed by atoms with Crippen molar-refractivity contribution in [3.05, 3.63) is 64.7 Å². The Morgan fingerprint density at radius 3 is 2.30 bits per heavy atom. The zero-order valence-electron chi connectivity index (χ0n) is 18.4. The fraction of sp³-hybridized carbons (Fsp3) is 0.480. The normalized spacial score (nSPS) is 11.1. The molecule has 0 aliphatic carbocycles. The molecule has 0 aliphatic heterocycles. The number of aryl methyl sites for hydroxylation is 3. The lowest BCUT2D eigenvalue weighted by Gasteiger charge is -2.14. The summed E-state index contributed by atoms with van der Waals surface area (Å²) in [7, 11) is 4.15. The van der Waals surface area contributed by atoms with Gasteiger partial charge in [-0.15, -0.1) is 0 Å². The molecule has 0 heterocycles. The average Bonchev–Trinajstić information content (AvgIpc) is 2.71. The van der Waals surface area contributed by atoms with Crippen molar-refractivity contribution in [2.75, 3.05) is 33.8 Å². The van der Waals surface area contributed by atoms with Gasteiger partial charge in [-0.25, -0.2) is 0 Å². The molecular weight excluding hydrogens is 376 g/mol. The van der Waals surface area contributed by atoms with E-state index < -0.39 is 5.97 Å². The zero-order valence-corrected chi connectivity index (χ0v) is 18.4. The van der Waals surface area contributed by atoms with Gasteiger partial charge in [0.15, 0.2) is 0 Å². The molecule has 2 rings (SSSR count). The third-order valence-electron chi connectivity index (χ3n) is 5.06. The molecule has 0 aromatic heterocycles. The van der Waals surface area contributed by atoms with Crippen molar-refractivity contribution in [3.63, 3.8) is 0 Å². The summed E-state index contributed by atoms with van der Waals surface area (Å²) in [5, 5.41) is 8.98. The number of benzene rings is 2. The topological polar surface area (TPSA) is 75.8 Å². The molecule has 5 heteroatoms. The second-order valence-electron chi connectivity index (χ2n) is 8.06. The summed E-state index contributed by atoms with van der Waals surface area (Å²) in [6.45, 7) is 2.34. The Kier molecular flexibility index (Phi) is 10.4. The first-order chi connectivity index (χ1) is 14.5. The van der Waals surface area contributed by atoms with Gasteiger partial charge in [-0.1, -0.05) is 36.4 Å². The molecule has 0 radical (unpaired) electrons. The molecule has 2 aromatic rings. The van der Waals surface area contributed by atoms with E-state index in [1.807, 2.05) is 6.07 Å². The number of hydrogen-bond donors (Lipinski definition) is 2. The molecule has 2 aromatic carbocycles. The van der Waals surface area contributed by atoms with E-state index in [1.54, 1.807) is 0 Å². The van der Waals surface area contributed by atoms with Gasteiger partial charge >= 0.3 is 5.97 Å². The first kappa shape index (κ1) is 23.9. The standard InChI is InChI=1S/C25H36N2O3/c1-27(2)15-6-16-30-24-10-4-3-8-23(24)9-5-7-20-17-21(11-12-25(28)29)19-22(18-20)13-14-26/h3-4,8,10,17-19H,5-7,9,11-16,26H2,1-2H3,(H,28,29). The maximum Gasteiger partial charge on any atom is 0.303 e. The van der Waals surface area contributed by atoms with E-state index in [-0.39, 0.29) is 6.42 Å². The summed E-state index contributed by atoms with van der Waals surface area (Å²) in [6.07, 6.45) is 5.46. The minimum atomic E-state index is -0.761. The van der Waals surface area contributed by atoms with Crippen LogP contribution in [0.1, 0.15) is 41.5 Å². The van der Waals surface area contributed by atoms with Crippen LogP contribution in [-0.2, 0) is 30.5 Å². The summed E-state index contributed by atoms with van der Waals surface area (Å²) in [6, 6.07) is 14.7. The Hall–Kier alpha value is -2.37. The van der Waals surface area contributed by atoms with Crippen molar-refractivity contribution < 1.29 is 14.6 Å². The molecule has 0 fully saturated rings. The van der Waals surface area contributed by atoms with Crippen molar-refractivity contribution in [2.24, 2.45) is 5.73 Å². The number of nitrogens with two attached hydrogens (primary N) is 1. The third-order valence-corrected chi connectivity index (χ3v) is 5.06. The van der Waals surface area contributed by atoms with E-state index in [2.05, 4.69) is 55.4 Å². The number of ether oxygens (including phenoxy) is 1. The molecule has 0 atom stereocenters. The van der Waals surface area contributed by atoms with Crippen LogP contribution in [0.2, 0.25) is 0 Å². The molecule has 164 valence electrons. The smallest absolute Gasteiger partial charge is 0.303 e. The van der Waals surface area contributed by atoms with Crippen LogP contribution in [0.5, 0.6) is 5.75 Å². The van der Waals surface area contributed by atoms with Gasteiger partial charge in [0.2, 0.25) is 0 Å². The number of hydrogen-bond acceptors (Lipinski definition) is 4. The molecule has 0 spiro atoms. The molecule has 0 amide bonds. The highest BCUT2D eigenvalue weighted by Crippen LogP contribution is 2.21. The van der Waals surface area contributed by atoms with Gasteiger partial charge in [0.05, 0.1) is 6.61 Å². The highest BCUT2D eigenvalue weighted by Gasteiger charge is 2.07. The Morgan fingerprint density at radius 1 is 0.967 bits per heavy atom. The van der Waals surface area contributed by atoms with Crippen LogP contribution in [0.4, 0.5) is 0 Å². The van der Waals surface area contributed by atoms with Crippen LogP contribution < -0.4 is 10.5 Å². The van der Waals surface area contributed by atoms with E-state index in [0.29, 0.717) is 13.0 Å². The van der Waals surface area contributed by atoms with Crippen molar-refractivity contribution in [1.82, 2.24) is 4.90 Å². The van der Waals surface area contributed by atoms with Crippen LogP contribution in [0.3, 0.4) is 0 Å². The fourth-order valence-corrected chi connectivity index (χ4v) is 3.59. The first-order valence-electron chi connectivity index (χ1n) is 10.9. The van der Waals surface area contributed by atoms with E-state index in [9.17, 15) is 4.79 Å². The quantitative estimate of drug-likeness (QED) is 0.463. The monoisotopic (exact) mass is 412 g/mol. The Balaban J connectivity index is 1.94. The second-order valence-corrected chi connectivity index (χ2v) is 8.06. The number of carboxylic acid groups (broad SMARTS) is 1. The lowest BCUT2D eigenvalue weighted by molar-refractivity contribution is -0.136. The predicted octanol–water partition coefficient (Wildman–Crippen LogP) is 3.71. The summed E-state index contributed by atoms with van der Waals surface area (Å²) < 4.78 is 6.02. The zero-order chi connectivity index (χ0) is 21.8. The number of rotatable bonds is 14. The number of nitrogens with zero attached hydrogens (tertiary/aromatic N) is 1. The summed E-state index contributed by atoms with van der Waals surface area (Å²) in [5.74, 6) is 0.221. The van der Waals surface area contributed by atoms with Crippen LogP contribution in [0, 0.1) is 0 Å². The molecule has 0 unspecified atom stereocenters. The predicted molar refractivity (Wildman–Crippen MR) is 122 cm³/mol. The van der Waals surface area contributed by atoms with Gasteiger partial charge < -0.3 is 20.5 Å². The van der Waals surface area contributed by atoms with E-state index in [0.717, 1.165) is 56.6 Å². The molecule has 3 N–H and O–H groups in total. The molecule has 5 nitrogen and oxygen atoms in total. The van der Waals surface area contributed by atoms with Crippen molar-refractivity contribution >= 4 is 5.97 Å². The van der Waals surface area contributed by atoms with Gasteiger partial charge in [-0.3, -0.25) is 4.79 Å². The van der Waals surface area contributed by atoms with E-state index in [4.69, 9.17) is 15.6 Å². The van der Waals surface area contributed by atoms with Crippen LogP contribution in [-0.4, -0.2) is 49.8 Å². The van der Waals surface area contributed by atoms with Crippen molar-refractivity contribution in [1.29, 1.82) is 0 Å². The Labute approximate surface area is 180 Å². The molecule has 0 bridgehead atoms. The van der Waals surface area contributed by atoms with Gasteiger partial charge in [0, 0.05) is 13.0 Å². The molecular formula is C25H36N2O3. The van der Waals surface area contributed by atoms with Gasteiger partial charge in [0.1, 0.15) is 5.75 Å². The molecule has 0 saturated carbocycles. The SMILES string of the molecule is CN(C)CCCOc1ccccc1CCCc1cc(CCN)cc(CCC(=O)O)c1. The lowest BCUT2D eigenvalue weighted by Crippen LogP contribution is -2.15. The van der Waals surface area contributed by atoms with Gasteiger partial charge in [-0.05, 0) is 87.5 Å². The molecule has 0 aliphatic rings. The first-order valence-corrected chi connectivity index (χ1v) is 10.9. The highest BCUT2D eigenvalue weighted by molar-refractivity contribution is 5.67. The van der Waals surface area contributed by atoms with Crippen LogP contribution in [0.15, 0.2) is 42.5 Å². The third kappa shape index (κ3) is 8.97. The minimum Gasteiger partial charge on any atom is -0.493 e. The summed E-state index contributed by atoms with van der Waals surface area (Å²) in [4.78, 5) is 13.1. The largest absolute Gasteiger partial charge is 0.493 e. The fourth-order valence-electron chi connectivity index (χ4n) is 3.59. The average molecular weight is 413 g/mol. The Morgan fingerprint density at radius 2 is 1.63 bits per heavy atom. The van der Waals surface area contributed by atoms with Crippen molar-refractivity contribution in [2.45, 2.75) is 44.9 Å². The Bertz CT molecular complexity index is 790. The number of carbonyl (C=O) groups is 1. The number of carboxylic acids is 1. The number of aliphatic carboxylic acids is 1. The lowest BCUT2D eigenvalue weighted by atomic mass is 9.96. The maximum atomic E-state index is 10.9. The van der Waals surface area contributed by atoms with Gasteiger partial charge in [0.25, 0.3) is 0 Å². The van der Waals surface area contributed by atoms with Gasteiger partial charge in [-0.2, -0.15) is 0 Å². The van der Waals surface area contributed by atoms with E-state index in [1.165, 1.54) is 16.7 Å². The summed E-state index contributed by atoms with van der Waals surface area (Å²) in [5.41, 5.74) is 10.5. The van der Waals surface area contributed by atoms with Crippen LogP contribution in [0.25, 0.3) is 0 Å². The van der Waals surface area contributed by atoms with E-state index >= 15 is 0 Å².